The number of nitrogens with one attached hydrogen (secondary N) is 1. The number of nitrogens with zero attached hydrogens (tertiary/aromatic N) is 2. The van der Waals surface area contributed by atoms with Gasteiger partial charge in [-0.15, -0.1) is 0 Å². The molecule has 3 aliphatic rings. The largest absolute Gasteiger partial charge is 0.454 e. The van der Waals surface area contributed by atoms with Gasteiger partial charge in [-0.2, -0.15) is 0 Å². The second kappa shape index (κ2) is 8.46. The Labute approximate surface area is 181 Å². The van der Waals surface area contributed by atoms with E-state index >= 15 is 0 Å². The lowest BCUT2D eigenvalue weighted by atomic mass is 9.95. The minimum atomic E-state index is -0.430. The van der Waals surface area contributed by atoms with Crippen molar-refractivity contribution in [3.63, 3.8) is 0 Å². The van der Waals surface area contributed by atoms with Gasteiger partial charge in [-0.25, -0.2) is 4.99 Å². The molecule has 0 spiro atoms. The maximum absolute atomic E-state index is 12.7. The molecule has 0 saturated carbocycles. The molecule has 1 N–H and O–H groups in total. The van der Waals surface area contributed by atoms with Gasteiger partial charge >= 0.3 is 0 Å². The highest BCUT2D eigenvalue weighted by Gasteiger charge is 2.34. The lowest BCUT2D eigenvalue weighted by Crippen LogP contribution is -2.46. The third-order valence-corrected chi connectivity index (χ3v) is 5.60. The van der Waals surface area contributed by atoms with Crippen LogP contribution in [-0.4, -0.2) is 40.9 Å². The van der Waals surface area contributed by atoms with Crippen molar-refractivity contribution in [2.24, 2.45) is 10.9 Å². The zero-order valence-electron chi connectivity index (χ0n) is 15.4. The van der Waals surface area contributed by atoms with Crippen LogP contribution in [0.5, 0.6) is 11.5 Å². The summed E-state index contributed by atoms with van der Waals surface area (Å²) in [5.41, 5.74) is 1.58. The van der Waals surface area contributed by atoms with Gasteiger partial charge in [0, 0.05) is 24.0 Å². The second-order valence-corrected chi connectivity index (χ2v) is 8.02. The molecular weight excluding hydrogens is 458 g/mol. The quantitative estimate of drug-likeness (QED) is 0.639. The molecule has 4 rings (SSSR count). The molecule has 9 heteroatoms. The Balaban J connectivity index is 1.26. The van der Waals surface area contributed by atoms with Crippen LogP contribution >= 0.6 is 28.1 Å². The molecule has 1 aromatic carbocycles. The van der Waals surface area contributed by atoms with Gasteiger partial charge in [0.15, 0.2) is 11.5 Å². The molecule has 1 atom stereocenters. The molecule has 150 valence electrons. The van der Waals surface area contributed by atoms with Crippen LogP contribution < -0.4 is 14.8 Å². The number of benzene rings is 1. The van der Waals surface area contributed by atoms with Gasteiger partial charge in [-0.05, 0) is 48.5 Å². The zero-order chi connectivity index (χ0) is 20.4. The Morgan fingerprint density at radius 3 is 3.00 bits per heavy atom. The van der Waals surface area contributed by atoms with Crippen molar-refractivity contribution >= 4 is 50.8 Å². The number of ether oxygens (including phenoxy) is 2. The number of halogens is 1. The first-order chi connectivity index (χ1) is 14.0. The minimum Gasteiger partial charge on any atom is -0.454 e. The summed E-state index contributed by atoms with van der Waals surface area (Å²) in [6.45, 7) is 0.979. The molecule has 0 radical (unpaired) electrons. The maximum Gasteiger partial charge on any atom is 0.241 e. The second-order valence-electron chi connectivity index (χ2n) is 6.74. The van der Waals surface area contributed by atoms with Crippen molar-refractivity contribution in [3.8, 4) is 11.5 Å². The first-order valence-corrected chi connectivity index (χ1v) is 10.4. The highest BCUT2D eigenvalue weighted by Crippen LogP contribution is 2.32. The molecule has 1 aromatic rings. The standard InChI is InChI=1S/C20H18BrN3O4S/c21-13-4-5-15-14(9-13)19(26)24(20(29)23-15)7-1-2-18(25)22-10-12-3-6-16-17(8-12)28-11-27-16/h3-6,8-9,14H,1-2,7,10-11H2,(H,22,25). The molecule has 0 fully saturated rings. The van der Waals surface area contributed by atoms with E-state index in [1.165, 1.54) is 4.90 Å². The number of aliphatic imine (C=N–C) groups is 1. The lowest BCUT2D eigenvalue weighted by molar-refractivity contribution is -0.129. The van der Waals surface area contributed by atoms with Gasteiger partial charge in [0.05, 0.1) is 5.71 Å². The molecular formula is C20H18BrN3O4S. The number of hydrogen-bond donors (Lipinski definition) is 1. The molecule has 0 saturated heterocycles. The fraction of sp³-hybridized carbons (Fsp3) is 0.300. The molecule has 0 aromatic heterocycles. The van der Waals surface area contributed by atoms with Gasteiger partial charge in [-0.1, -0.05) is 28.1 Å². The van der Waals surface area contributed by atoms with Gasteiger partial charge in [0.2, 0.25) is 23.7 Å². The molecule has 2 aliphatic heterocycles. The van der Waals surface area contributed by atoms with Crippen molar-refractivity contribution in [2.45, 2.75) is 19.4 Å². The van der Waals surface area contributed by atoms with E-state index < -0.39 is 5.92 Å². The fourth-order valence-corrected chi connectivity index (χ4v) is 3.93. The Morgan fingerprint density at radius 1 is 1.31 bits per heavy atom. The molecule has 0 bridgehead atoms. The first-order valence-electron chi connectivity index (χ1n) is 9.16. The summed E-state index contributed by atoms with van der Waals surface area (Å²) in [7, 11) is 0. The predicted octanol–water partition coefficient (Wildman–Crippen LogP) is 2.84. The van der Waals surface area contributed by atoms with Crippen LogP contribution in [0.3, 0.4) is 0 Å². The van der Waals surface area contributed by atoms with Crippen LogP contribution in [0, 0.1) is 5.92 Å². The number of allylic oxidation sites excluding steroid dienone is 3. The molecule has 29 heavy (non-hydrogen) atoms. The normalized spacial score (nSPS) is 19.6. The summed E-state index contributed by atoms with van der Waals surface area (Å²) in [6, 6.07) is 5.57. The van der Waals surface area contributed by atoms with E-state index in [1.807, 2.05) is 30.4 Å². The monoisotopic (exact) mass is 475 g/mol. The van der Waals surface area contributed by atoms with Crippen molar-refractivity contribution in [1.82, 2.24) is 10.2 Å². The van der Waals surface area contributed by atoms with Crippen molar-refractivity contribution in [1.29, 1.82) is 0 Å². The Morgan fingerprint density at radius 2 is 2.14 bits per heavy atom. The van der Waals surface area contributed by atoms with Crippen molar-refractivity contribution in [3.05, 3.63) is 46.5 Å². The summed E-state index contributed by atoms with van der Waals surface area (Å²) >= 11 is 8.65. The molecule has 2 amide bonds. The van der Waals surface area contributed by atoms with Crippen LogP contribution in [0.1, 0.15) is 18.4 Å². The number of rotatable bonds is 6. The number of fused-ring (bicyclic) bond motifs is 2. The number of carbonyl (C=O) groups excluding carboxylic acids is 2. The highest BCUT2D eigenvalue weighted by atomic mass is 79.9. The molecule has 2 heterocycles. The van der Waals surface area contributed by atoms with Crippen LogP contribution in [0.4, 0.5) is 0 Å². The number of carbonyl (C=O) groups is 2. The van der Waals surface area contributed by atoms with Crippen LogP contribution in [0.2, 0.25) is 0 Å². The van der Waals surface area contributed by atoms with Gasteiger partial charge < -0.3 is 14.8 Å². The fourth-order valence-electron chi connectivity index (χ4n) is 3.25. The topological polar surface area (TPSA) is 80.2 Å². The molecule has 1 unspecified atom stereocenters. The van der Waals surface area contributed by atoms with Gasteiger partial charge in [-0.3, -0.25) is 14.5 Å². The Bertz CT molecular complexity index is 972. The lowest BCUT2D eigenvalue weighted by Gasteiger charge is -2.30. The third-order valence-electron chi connectivity index (χ3n) is 4.76. The number of thiocarbonyl (C=S) groups is 1. The van der Waals surface area contributed by atoms with Crippen LogP contribution in [0.25, 0.3) is 0 Å². The van der Waals surface area contributed by atoms with E-state index in [0.717, 1.165) is 10.0 Å². The summed E-state index contributed by atoms with van der Waals surface area (Å²) in [4.78, 5) is 30.7. The zero-order valence-corrected chi connectivity index (χ0v) is 17.8. The average Bonchev–Trinajstić information content (AvgIpc) is 3.17. The SMILES string of the molecule is O=C(CCCN1C(=O)C2C=C(Br)C=CC2=NC1=S)NCc1ccc2c(c1)OCO2. The van der Waals surface area contributed by atoms with E-state index in [1.54, 1.807) is 6.08 Å². The number of hydrogen-bond acceptors (Lipinski definition) is 5. The predicted molar refractivity (Wildman–Crippen MR) is 115 cm³/mol. The van der Waals surface area contributed by atoms with E-state index in [0.29, 0.717) is 36.7 Å². The Kier molecular flexibility index (Phi) is 5.77. The molecule has 1 aliphatic carbocycles. The van der Waals surface area contributed by atoms with Crippen molar-refractivity contribution in [2.75, 3.05) is 13.3 Å². The molecule has 7 nitrogen and oxygen atoms in total. The number of amides is 2. The van der Waals surface area contributed by atoms with Crippen molar-refractivity contribution < 1.29 is 19.1 Å². The Hall–Kier alpha value is -2.52. The summed E-state index contributed by atoms with van der Waals surface area (Å²) < 4.78 is 11.4. The summed E-state index contributed by atoms with van der Waals surface area (Å²) in [6.07, 6.45) is 6.23. The third kappa shape index (κ3) is 4.40. The minimum absolute atomic E-state index is 0.0922. The average molecular weight is 476 g/mol. The first kappa shape index (κ1) is 19.8. The van der Waals surface area contributed by atoms with E-state index in [-0.39, 0.29) is 30.1 Å². The smallest absolute Gasteiger partial charge is 0.241 e. The summed E-state index contributed by atoms with van der Waals surface area (Å²) in [5.74, 6) is 0.767. The van der Waals surface area contributed by atoms with Crippen LogP contribution in [-0.2, 0) is 16.1 Å². The summed E-state index contributed by atoms with van der Waals surface area (Å²) in [5, 5.41) is 3.13. The maximum atomic E-state index is 12.7. The van der Waals surface area contributed by atoms with E-state index in [2.05, 4.69) is 26.2 Å². The van der Waals surface area contributed by atoms with Crippen LogP contribution in [0.15, 0.2) is 45.9 Å². The highest BCUT2D eigenvalue weighted by molar-refractivity contribution is 9.11. The van der Waals surface area contributed by atoms with E-state index in [4.69, 9.17) is 21.7 Å². The van der Waals surface area contributed by atoms with E-state index in [9.17, 15) is 9.59 Å². The van der Waals surface area contributed by atoms with Gasteiger partial charge in [0.25, 0.3) is 0 Å². The van der Waals surface area contributed by atoms with Gasteiger partial charge in [0.1, 0.15) is 5.92 Å².